The van der Waals surface area contributed by atoms with Gasteiger partial charge in [0.05, 0.1) is 10.6 Å². The van der Waals surface area contributed by atoms with E-state index in [0.717, 1.165) is 71.0 Å². The molecule has 0 N–H and O–H groups in total. The van der Waals surface area contributed by atoms with Crippen LogP contribution in [0.1, 0.15) is 107 Å². The van der Waals surface area contributed by atoms with Crippen LogP contribution in [0, 0.1) is 17.0 Å². The fourth-order valence-electron chi connectivity index (χ4n) is 7.88. The number of hydrogen-bond acceptors (Lipinski definition) is 6. The second-order valence-corrected chi connectivity index (χ2v) is 13.4. The zero-order valence-electron chi connectivity index (χ0n) is 28.0. The quantitative estimate of drug-likeness (QED) is 0.0624. The van der Waals surface area contributed by atoms with E-state index in [-0.39, 0.29) is 22.7 Å². The third kappa shape index (κ3) is 7.16. The van der Waals surface area contributed by atoms with Crippen LogP contribution in [0.4, 0.5) is 5.69 Å². The van der Waals surface area contributed by atoms with Crippen molar-refractivity contribution < 1.29 is 14.5 Å². The zero-order chi connectivity index (χ0) is 33.5. The van der Waals surface area contributed by atoms with E-state index in [2.05, 4.69) is 65.6 Å². The number of Topliss-reactive ketones (excluding diaryl/α,β-unsaturated/α-hetero) is 2. The number of likely N-dealkylation sites (tertiary alicyclic amines) is 1. The molecule has 2 aliphatic rings. The number of carbonyl (C=O) groups is 2. The molecular weight excluding hydrogens is 598 g/mol. The summed E-state index contributed by atoms with van der Waals surface area (Å²) in [6, 6.07) is 28.2. The molecule has 0 spiro atoms. The first-order valence-electron chi connectivity index (χ1n) is 17.6. The molecule has 48 heavy (non-hydrogen) atoms. The second-order valence-electron chi connectivity index (χ2n) is 13.4. The van der Waals surface area contributed by atoms with Crippen LogP contribution in [-0.2, 0) is 11.8 Å². The number of pyridine rings is 1. The molecule has 1 aliphatic carbocycles. The monoisotopic (exact) mass is 643 g/mol. The van der Waals surface area contributed by atoms with Crippen molar-refractivity contribution in [2.75, 3.05) is 19.6 Å². The van der Waals surface area contributed by atoms with Gasteiger partial charge in [0.25, 0.3) is 5.69 Å². The zero-order valence-corrected chi connectivity index (χ0v) is 28.0. The number of hydrogen-bond donors (Lipinski definition) is 0. The number of rotatable bonds is 13. The van der Waals surface area contributed by atoms with E-state index in [4.69, 9.17) is 4.98 Å². The lowest BCUT2D eigenvalue weighted by Gasteiger charge is -2.43. The topological polar surface area (TPSA) is 93.4 Å². The Hall–Kier alpha value is -4.49. The van der Waals surface area contributed by atoms with Crippen LogP contribution in [0.15, 0.2) is 84.9 Å². The highest BCUT2D eigenvalue weighted by molar-refractivity contribution is 6.12. The average molecular weight is 644 g/mol. The van der Waals surface area contributed by atoms with Gasteiger partial charge in [-0.1, -0.05) is 92.1 Å². The number of fused-ring (bicyclic) bond motifs is 1. The van der Waals surface area contributed by atoms with E-state index < -0.39 is 4.92 Å². The number of piperidine rings is 1. The molecule has 7 heteroatoms. The number of nitro groups is 1. The first kappa shape index (κ1) is 33.4. The lowest BCUT2D eigenvalue weighted by atomic mass is 9.68. The molecule has 6 rings (SSSR count). The second kappa shape index (κ2) is 15.2. The normalized spacial score (nSPS) is 16.0. The summed E-state index contributed by atoms with van der Waals surface area (Å²) in [5.74, 6) is -0.0878. The van der Waals surface area contributed by atoms with Crippen molar-refractivity contribution in [1.29, 1.82) is 0 Å². The Balaban J connectivity index is 1.02. The van der Waals surface area contributed by atoms with E-state index in [0.29, 0.717) is 52.9 Å². The van der Waals surface area contributed by atoms with Crippen molar-refractivity contribution in [3.63, 3.8) is 0 Å². The standard InChI is InChI=1S/C41H45N3O4/c1-30-38(39(31-15-13-20-34(29-31)44(47)48)40-35(42-30)21-14-23-37(40)46)36(45)22-11-3-2-4-12-26-43-27-24-41(25-28-43,32-16-7-5-8-17-32)33-18-9-6-10-19-33/h5-10,13,15-20,29H,2-4,11-12,14,21-28H2,1H3. The summed E-state index contributed by atoms with van der Waals surface area (Å²) in [7, 11) is 0. The molecule has 0 saturated carbocycles. The highest BCUT2D eigenvalue weighted by Gasteiger charge is 2.37. The molecular formula is C41H45N3O4. The molecule has 3 aromatic carbocycles. The Morgan fingerprint density at radius 3 is 2.15 bits per heavy atom. The summed E-state index contributed by atoms with van der Waals surface area (Å²) in [4.78, 5) is 45.3. The van der Waals surface area contributed by atoms with Gasteiger partial charge in [-0.05, 0) is 81.8 Å². The first-order valence-corrected chi connectivity index (χ1v) is 17.6. The smallest absolute Gasteiger partial charge is 0.270 e. The van der Waals surface area contributed by atoms with Gasteiger partial charge in [0.2, 0.25) is 0 Å². The first-order chi connectivity index (χ1) is 23.4. The van der Waals surface area contributed by atoms with Gasteiger partial charge in [-0.3, -0.25) is 24.7 Å². The highest BCUT2D eigenvalue weighted by atomic mass is 16.6. The number of unbranched alkanes of at least 4 members (excludes halogenated alkanes) is 4. The molecule has 1 saturated heterocycles. The molecule has 4 aromatic rings. The molecule has 248 valence electrons. The van der Waals surface area contributed by atoms with Crippen LogP contribution in [0.25, 0.3) is 11.1 Å². The number of ketones is 2. The largest absolute Gasteiger partial charge is 0.303 e. The Morgan fingerprint density at radius 1 is 0.833 bits per heavy atom. The van der Waals surface area contributed by atoms with Crippen molar-refractivity contribution in [2.24, 2.45) is 0 Å². The van der Waals surface area contributed by atoms with Gasteiger partial charge in [-0.2, -0.15) is 0 Å². The molecule has 2 heterocycles. The Labute approximate surface area is 283 Å². The van der Waals surface area contributed by atoms with E-state index in [1.807, 2.05) is 6.92 Å². The molecule has 1 aromatic heterocycles. The average Bonchev–Trinajstić information content (AvgIpc) is 3.11. The van der Waals surface area contributed by atoms with Gasteiger partial charge in [-0.25, -0.2) is 0 Å². The summed E-state index contributed by atoms with van der Waals surface area (Å²) in [5, 5.41) is 11.6. The van der Waals surface area contributed by atoms with Crippen molar-refractivity contribution in [2.45, 2.75) is 83.0 Å². The van der Waals surface area contributed by atoms with Gasteiger partial charge in [-0.15, -0.1) is 0 Å². The van der Waals surface area contributed by atoms with Crippen LogP contribution < -0.4 is 0 Å². The fraction of sp³-hybridized carbons (Fsp3) is 0.390. The highest BCUT2D eigenvalue weighted by Crippen LogP contribution is 2.42. The molecule has 0 unspecified atom stereocenters. The molecule has 7 nitrogen and oxygen atoms in total. The van der Waals surface area contributed by atoms with Crippen molar-refractivity contribution >= 4 is 17.3 Å². The number of nitrogens with zero attached hydrogens (tertiary/aromatic N) is 3. The van der Waals surface area contributed by atoms with Gasteiger partial charge < -0.3 is 4.90 Å². The molecule has 1 aliphatic heterocycles. The number of aromatic nitrogens is 1. The molecule has 1 fully saturated rings. The minimum atomic E-state index is -0.443. The van der Waals surface area contributed by atoms with E-state index in [1.165, 1.54) is 23.3 Å². The van der Waals surface area contributed by atoms with Crippen LogP contribution in [0.3, 0.4) is 0 Å². The van der Waals surface area contributed by atoms with Crippen LogP contribution in [0.5, 0.6) is 0 Å². The third-order valence-corrected chi connectivity index (χ3v) is 10.4. The summed E-state index contributed by atoms with van der Waals surface area (Å²) in [5.41, 5.74) is 6.10. The van der Waals surface area contributed by atoms with Crippen LogP contribution >= 0.6 is 0 Å². The Bertz CT molecular complexity index is 1720. The van der Waals surface area contributed by atoms with Crippen molar-refractivity contribution in [3.05, 3.63) is 129 Å². The maximum atomic E-state index is 13.7. The maximum absolute atomic E-state index is 13.7. The molecule has 0 radical (unpaired) electrons. The minimum Gasteiger partial charge on any atom is -0.303 e. The minimum absolute atomic E-state index is 0.0427. The van der Waals surface area contributed by atoms with Gasteiger partial charge in [0.15, 0.2) is 11.6 Å². The SMILES string of the molecule is Cc1nc2c(c(-c3cccc([N+](=O)[O-])c3)c1C(=O)CCCCCCCN1CCC(c3ccccc3)(c3ccccc3)CC1)C(=O)CCC2. The predicted molar refractivity (Wildman–Crippen MR) is 190 cm³/mol. The summed E-state index contributed by atoms with van der Waals surface area (Å²) in [6.45, 7) is 5.08. The number of nitro benzene ring substituents is 1. The molecule has 0 amide bonds. The van der Waals surface area contributed by atoms with Crippen LogP contribution in [-0.4, -0.2) is 46.0 Å². The number of carbonyl (C=O) groups excluding carboxylic acids is 2. The van der Waals surface area contributed by atoms with Crippen molar-refractivity contribution in [1.82, 2.24) is 9.88 Å². The Morgan fingerprint density at radius 2 is 1.48 bits per heavy atom. The summed E-state index contributed by atoms with van der Waals surface area (Å²) < 4.78 is 0. The lowest BCUT2D eigenvalue weighted by Crippen LogP contribution is -2.43. The fourth-order valence-corrected chi connectivity index (χ4v) is 7.88. The third-order valence-electron chi connectivity index (χ3n) is 10.4. The summed E-state index contributed by atoms with van der Waals surface area (Å²) in [6.07, 6.45) is 9.43. The van der Waals surface area contributed by atoms with E-state index >= 15 is 0 Å². The van der Waals surface area contributed by atoms with Gasteiger partial charge in [0.1, 0.15) is 0 Å². The van der Waals surface area contributed by atoms with Gasteiger partial charge in [0, 0.05) is 52.8 Å². The number of aryl methyl sites for hydroxylation is 2. The van der Waals surface area contributed by atoms with Gasteiger partial charge >= 0.3 is 0 Å². The van der Waals surface area contributed by atoms with Crippen molar-refractivity contribution in [3.8, 4) is 11.1 Å². The predicted octanol–water partition coefficient (Wildman–Crippen LogP) is 9.09. The molecule has 0 bridgehead atoms. The maximum Gasteiger partial charge on any atom is 0.270 e. The van der Waals surface area contributed by atoms with Crippen LogP contribution in [0.2, 0.25) is 0 Å². The number of benzene rings is 3. The molecule has 0 atom stereocenters. The Kier molecular flexibility index (Phi) is 10.6. The van der Waals surface area contributed by atoms with E-state index in [9.17, 15) is 19.7 Å². The lowest BCUT2D eigenvalue weighted by molar-refractivity contribution is -0.384. The van der Waals surface area contributed by atoms with E-state index in [1.54, 1.807) is 12.1 Å². The summed E-state index contributed by atoms with van der Waals surface area (Å²) >= 11 is 0. The number of non-ortho nitro benzene ring substituents is 1.